The van der Waals surface area contributed by atoms with Gasteiger partial charge < -0.3 is 11.1 Å². The summed E-state index contributed by atoms with van der Waals surface area (Å²) in [5.41, 5.74) is 8.25. The highest BCUT2D eigenvalue weighted by atomic mass is 35.5. The Hall–Kier alpha value is -1.06. The molecule has 0 bridgehead atoms. The molecule has 0 radical (unpaired) electrons. The lowest BCUT2D eigenvalue weighted by Crippen LogP contribution is -2.44. The maximum absolute atomic E-state index is 11.9. The molecule has 0 fully saturated rings. The molecule has 0 spiro atoms. The van der Waals surface area contributed by atoms with Crippen molar-refractivity contribution in [3.8, 4) is 0 Å². The average molecular weight is 299 g/mol. The number of amides is 1. The Kier molecular flexibility index (Phi) is 7.84. The molecular weight excluding hydrogens is 272 g/mol. The summed E-state index contributed by atoms with van der Waals surface area (Å²) >= 11 is 0. The van der Waals surface area contributed by atoms with E-state index in [0.29, 0.717) is 5.92 Å². The van der Waals surface area contributed by atoms with E-state index in [0.717, 1.165) is 5.56 Å². The van der Waals surface area contributed by atoms with Crippen molar-refractivity contribution in [2.45, 2.75) is 52.6 Å². The first kappa shape index (κ1) is 18.9. The van der Waals surface area contributed by atoms with Crippen molar-refractivity contribution in [2.75, 3.05) is 0 Å². The minimum atomic E-state index is -0.447. The van der Waals surface area contributed by atoms with E-state index in [1.807, 2.05) is 20.8 Å². The van der Waals surface area contributed by atoms with Gasteiger partial charge in [0.05, 0.1) is 12.1 Å². The van der Waals surface area contributed by atoms with Crippen molar-refractivity contribution in [2.24, 2.45) is 11.7 Å². The van der Waals surface area contributed by atoms with E-state index in [-0.39, 0.29) is 30.3 Å². The third kappa shape index (κ3) is 5.14. The molecule has 1 unspecified atom stereocenters. The van der Waals surface area contributed by atoms with Gasteiger partial charge in [-0.05, 0) is 29.9 Å². The summed E-state index contributed by atoms with van der Waals surface area (Å²) in [5.74, 6) is 0.583. The van der Waals surface area contributed by atoms with Gasteiger partial charge in [0, 0.05) is 0 Å². The lowest BCUT2D eigenvalue weighted by molar-refractivity contribution is -0.123. The second-order valence-corrected chi connectivity index (χ2v) is 5.82. The molecule has 3 N–H and O–H groups in total. The van der Waals surface area contributed by atoms with Gasteiger partial charge in [0.2, 0.25) is 5.91 Å². The van der Waals surface area contributed by atoms with Gasteiger partial charge in [-0.25, -0.2) is 0 Å². The number of nitrogens with two attached hydrogens (primary N) is 1. The van der Waals surface area contributed by atoms with Crippen molar-refractivity contribution in [3.05, 3.63) is 35.4 Å². The first-order valence-corrected chi connectivity index (χ1v) is 6.98. The van der Waals surface area contributed by atoms with Crippen molar-refractivity contribution in [3.63, 3.8) is 0 Å². The van der Waals surface area contributed by atoms with E-state index in [2.05, 4.69) is 43.4 Å². The number of hydrogen-bond acceptors (Lipinski definition) is 2. The van der Waals surface area contributed by atoms with Crippen LogP contribution in [0.2, 0.25) is 0 Å². The quantitative estimate of drug-likeness (QED) is 0.875. The molecule has 20 heavy (non-hydrogen) atoms. The first-order chi connectivity index (χ1) is 8.82. The van der Waals surface area contributed by atoms with Gasteiger partial charge in [0.15, 0.2) is 0 Å². The van der Waals surface area contributed by atoms with Crippen LogP contribution in [-0.2, 0) is 4.79 Å². The predicted molar refractivity (Wildman–Crippen MR) is 87.2 cm³/mol. The van der Waals surface area contributed by atoms with Crippen LogP contribution in [0, 0.1) is 5.92 Å². The van der Waals surface area contributed by atoms with Gasteiger partial charge in [-0.15, -0.1) is 12.4 Å². The van der Waals surface area contributed by atoms with Crippen LogP contribution in [-0.4, -0.2) is 11.9 Å². The molecule has 3 nitrogen and oxygen atoms in total. The van der Waals surface area contributed by atoms with Crippen LogP contribution >= 0.6 is 12.4 Å². The van der Waals surface area contributed by atoms with Gasteiger partial charge in [-0.2, -0.15) is 0 Å². The van der Waals surface area contributed by atoms with Crippen LogP contribution in [0.25, 0.3) is 0 Å². The standard InChI is InChI=1S/C16H26N2O.ClH/c1-10(2)13-6-8-14(9-7-13)12(5)18-16(19)15(17)11(3)4;/h6-12,15H,17H2,1-5H3,(H,18,19);1H/t12?,15-;/m1./s1. The SMILES string of the molecule is CC(C)c1ccc(C(C)NC(=O)[C@H](N)C(C)C)cc1.Cl. The summed E-state index contributed by atoms with van der Waals surface area (Å²) in [6.45, 7) is 10.2. The Morgan fingerprint density at radius 3 is 1.85 bits per heavy atom. The summed E-state index contributed by atoms with van der Waals surface area (Å²) < 4.78 is 0. The van der Waals surface area contributed by atoms with Crippen LogP contribution in [0.3, 0.4) is 0 Å². The van der Waals surface area contributed by atoms with E-state index in [1.54, 1.807) is 0 Å². The highest BCUT2D eigenvalue weighted by molar-refractivity contribution is 5.85. The van der Waals surface area contributed by atoms with Crippen molar-refractivity contribution < 1.29 is 4.79 Å². The third-order valence-corrected chi connectivity index (χ3v) is 3.48. The van der Waals surface area contributed by atoms with Gasteiger partial charge in [0.25, 0.3) is 0 Å². The molecule has 4 heteroatoms. The monoisotopic (exact) mass is 298 g/mol. The fourth-order valence-electron chi connectivity index (χ4n) is 1.87. The van der Waals surface area contributed by atoms with Crippen molar-refractivity contribution in [1.82, 2.24) is 5.32 Å². The van der Waals surface area contributed by atoms with Gasteiger partial charge in [-0.1, -0.05) is 52.0 Å². The molecule has 0 aliphatic heterocycles. The molecule has 1 aromatic rings. The number of hydrogen-bond donors (Lipinski definition) is 2. The fraction of sp³-hybridized carbons (Fsp3) is 0.562. The van der Waals surface area contributed by atoms with E-state index in [4.69, 9.17) is 5.73 Å². The minimum Gasteiger partial charge on any atom is -0.348 e. The zero-order valence-electron chi connectivity index (χ0n) is 13.0. The molecule has 114 valence electrons. The lowest BCUT2D eigenvalue weighted by atomic mass is 9.99. The van der Waals surface area contributed by atoms with Crippen molar-refractivity contribution in [1.29, 1.82) is 0 Å². The highest BCUT2D eigenvalue weighted by Gasteiger charge is 2.19. The Balaban J connectivity index is 0.00000361. The maximum Gasteiger partial charge on any atom is 0.237 e. The summed E-state index contributed by atoms with van der Waals surface area (Å²) in [4.78, 5) is 11.9. The molecule has 1 rings (SSSR count). The zero-order chi connectivity index (χ0) is 14.6. The predicted octanol–water partition coefficient (Wildman–Crippen LogP) is 3.39. The zero-order valence-corrected chi connectivity index (χ0v) is 13.8. The van der Waals surface area contributed by atoms with Gasteiger partial charge >= 0.3 is 0 Å². The van der Waals surface area contributed by atoms with Gasteiger partial charge in [-0.3, -0.25) is 4.79 Å². The molecule has 0 saturated carbocycles. The summed E-state index contributed by atoms with van der Waals surface area (Å²) in [5, 5.41) is 2.96. The molecule has 0 aromatic heterocycles. The van der Waals surface area contributed by atoms with E-state index in [9.17, 15) is 4.79 Å². The molecule has 1 amide bonds. The molecule has 2 atom stereocenters. The van der Waals surface area contributed by atoms with E-state index >= 15 is 0 Å². The number of carbonyl (C=O) groups excluding carboxylic acids is 1. The smallest absolute Gasteiger partial charge is 0.237 e. The summed E-state index contributed by atoms with van der Waals surface area (Å²) in [6, 6.07) is 7.91. The molecule has 0 aliphatic rings. The maximum atomic E-state index is 11.9. The molecular formula is C16H27ClN2O. The number of rotatable bonds is 5. The lowest BCUT2D eigenvalue weighted by Gasteiger charge is -2.20. The second-order valence-electron chi connectivity index (χ2n) is 5.82. The van der Waals surface area contributed by atoms with Crippen LogP contribution in [0.15, 0.2) is 24.3 Å². The highest BCUT2D eigenvalue weighted by Crippen LogP contribution is 2.18. The number of nitrogens with one attached hydrogen (secondary N) is 1. The number of benzene rings is 1. The summed E-state index contributed by atoms with van der Waals surface area (Å²) in [6.07, 6.45) is 0. The Labute approximate surface area is 128 Å². The Bertz CT molecular complexity index is 415. The molecule has 0 saturated heterocycles. The average Bonchev–Trinajstić information content (AvgIpc) is 2.37. The first-order valence-electron chi connectivity index (χ1n) is 6.98. The molecule has 0 heterocycles. The van der Waals surface area contributed by atoms with E-state index < -0.39 is 6.04 Å². The normalized spacial score (nSPS) is 13.8. The molecule has 0 aliphatic carbocycles. The third-order valence-electron chi connectivity index (χ3n) is 3.48. The van der Waals surface area contributed by atoms with E-state index in [1.165, 1.54) is 5.56 Å². The number of halogens is 1. The van der Waals surface area contributed by atoms with Crippen molar-refractivity contribution >= 4 is 18.3 Å². The minimum absolute atomic E-state index is 0. The Morgan fingerprint density at radius 1 is 1.00 bits per heavy atom. The molecule has 1 aromatic carbocycles. The van der Waals surface area contributed by atoms with Gasteiger partial charge in [0.1, 0.15) is 0 Å². The largest absolute Gasteiger partial charge is 0.348 e. The number of carbonyl (C=O) groups is 1. The van der Waals surface area contributed by atoms with Crippen LogP contribution < -0.4 is 11.1 Å². The van der Waals surface area contributed by atoms with Crippen LogP contribution in [0.1, 0.15) is 57.7 Å². The second kappa shape index (κ2) is 8.28. The Morgan fingerprint density at radius 2 is 1.45 bits per heavy atom. The summed E-state index contributed by atoms with van der Waals surface area (Å²) in [7, 11) is 0. The fourth-order valence-corrected chi connectivity index (χ4v) is 1.87. The van der Waals surface area contributed by atoms with Crippen LogP contribution in [0.4, 0.5) is 0 Å². The van der Waals surface area contributed by atoms with Crippen LogP contribution in [0.5, 0.6) is 0 Å². The topological polar surface area (TPSA) is 55.1 Å².